The van der Waals surface area contributed by atoms with Gasteiger partial charge in [0.1, 0.15) is 5.01 Å². The Balaban J connectivity index is 1.65. The average molecular weight is 287 g/mol. The zero-order valence-corrected chi connectivity index (χ0v) is 12.8. The maximum absolute atomic E-state index is 4.56. The number of benzene rings is 1. The van der Waals surface area contributed by atoms with E-state index in [9.17, 15) is 0 Å². The predicted molar refractivity (Wildman–Crippen MR) is 85.6 cm³/mol. The molecule has 1 aromatic carbocycles. The Bertz CT molecular complexity index is 579. The van der Waals surface area contributed by atoms with Gasteiger partial charge in [0.2, 0.25) is 0 Å². The summed E-state index contributed by atoms with van der Waals surface area (Å²) in [6, 6.07) is 8.98. The second-order valence-electron chi connectivity index (χ2n) is 5.46. The average Bonchev–Trinajstić information content (AvgIpc) is 2.91. The highest BCUT2D eigenvalue weighted by Gasteiger charge is 2.20. The van der Waals surface area contributed by atoms with Crippen molar-refractivity contribution < 1.29 is 0 Å². The lowest BCUT2D eigenvalue weighted by molar-refractivity contribution is 0.499. The molecule has 0 saturated carbocycles. The van der Waals surface area contributed by atoms with E-state index in [-0.39, 0.29) is 0 Å². The highest BCUT2D eigenvalue weighted by atomic mass is 32.1. The van der Waals surface area contributed by atoms with Gasteiger partial charge in [0.05, 0.1) is 6.04 Å². The van der Waals surface area contributed by atoms with Crippen LogP contribution in [-0.4, -0.2) is 18.1 Å². The molecule has 0 bridgehead atoms. The third kappa shape index (κ3) is 2.86. The Morgan fingerprint density at radius 1 is 1.45 bits per heavy atom. The SMILES string of the molecule is Cc1csc(C(C)NCC2CCNc3ccccc32)n1. The van der Waals surface area contributed by atoms with Crippen molar-refractivity contribution in [3.05, 3.63) is 45.9 Å². The molecule has 1 aliphatic rings. The Labute approximate surface area is 124 Å². The minimum atomic E-state index is 0.329. The number of nitrogens with zero attached hydrogens (tertiary/aromatic N) is 1. The summed E-state index contributed by atoms with van der Waals surface area (Å²) in [6.07, 6.45) is 1.19. The molecular weight excluding hydrogens is 266 g/mol. The van der Waals surface area contributed by atoms with E-state index >= 15 is 0 Å². The largest absolute Gasteiger partial charge is 0.385 e. The van der Waals surface area contributed by atoms with E-state index in [1.807, 2.05) is 0 Å². The molecular formula is C16H21N3S. The van der Waals surface area contributed by atoms with E-state index in [1.165, 1.54) is 22.7 Å². The second-order valence-corrected chi connectivity index (χ2v) is 6.35. The molecule has 106 valence electrons. The summed E-state index contributed by atoms with van der Waals surface area (Å²) in [6.45, 7) is 6.33. The lowest BCUT2D eigenvalue weighted by Gasteiger charge is -2.27. The first-order valence-corrected chi connectivity index (χ1v) is 8.10. The van der Waals surface area contributed by atoms with Gasteiger partial charge in [-0.15, -0.1) is 11.3 Å². The van der Waals surface area contributed by atoms with Gasteiger partial charge < -0.3 is 10.6 Å². The van der Waals surface area contributed by atoms with Crippen molar-refractivity contribution in [2.75, 3.05) is 18.4 Å². The van der Waals surface area contributed by atoms with Gasteiger partial charge in [-0.3, -0.25) is 0 Å². The smallest absolute Gasteiger partial charge is 0.110 e. The summed E-state index contributed by atoms with van der Waals surface area (Å²) in [5.74, 6) is 0.593. The van der Waals surface area contributed by atoms with Crippen LogP contribution in [0.2, 0.25) is 0 Å². The Morgan fingerprint density at radius 3 is 3.10 bits per heavy atom. The zero-order chi connectivity index (χ0) is 13.9. The lowest BCUT2D eigenvalue weighted by atomic mass is 9.91. The number of aryl methyl sites for hydroxylation is 1. The van der Waals surface area contributed by atoms with Crippen LogP contribution >= 0.6 is 11.3 Å². The summed E-state index contributed by atoms with van der Waals surface area (Å²) >= 11 is 1.74. The predicted octanol–water partition coefficient (Wildman–Crippen LogP) is 3.70. The molecule has 0 radical (unpaired) electrons. The molecule has 0 amide bonds. The molecule has 0 aliphatic carbocycles. The van der Waals surface area contributed by atoms with E-state index in [4.69, 9.17) is 0 Å². The highest BCUT2D eigenvalue weighted by Crippen LogP contribution is 2.31. The molecule has 3 rings (SSSR count). The maximum Gasteiger partial charge on any atom is 0.110 e. The van der Waals surface area contributed by atoms with Crippen molar-refractivity contribution in [3.8, 4) is 0 Å². The number of hydrogen-bond donors (Lipinski definition) is 2. The van der Waals surface area contributed by atoms with E-state index < -0.39 is 0 Å². The van der Waals surface area contributed by atoms with E-state index in [0.29, 0.717) is 12.0 Å². The van der Waals surface area contributed by atoms with Crippen LogP contribution in [0.25, 0.3) is 0 Å². The van der Waals surface area contributed by atoms with E-state index in [0.717, 1.165) is 18.8 Å². The molecule has 2 heterocycles. The van der Waals surface area contributed by atoms with Crippen LogP contribution in [0.4, 0.5) is 5.69 Å². The fourth-order valence-electron chi connectivity index (χ4n) is 2.74. The molecule has 1 aromatic heterocycles. The molecule has 4 heteroatoms. The van der Waals surface area contributed by atoms with Crippen LogP contribution in [0.5, 0.6) is 0 Å². The third-order valence-corrected chi connectivity index (χ3v) is 5.03. The third-order valence-electron chi connectivity index (χ3n) is 3.89. The first-order chi connectivity index (χ1) is 9.74. The van der Waals surface area contributed by atoms with Gasteiger partial charge in [0.15, 0.2) is 0 Å². The van der Waals surface area contributed by atoms with Crippen LogP contribution in [0.1, 0.15) is 41.6 Å². The fourth-order valence-corrected chi connectivity index (χ4v) is 3.57. The number of aromatic nitrogens is 1. The van der Waals surface area contributed by atoms with Crippen molar-refractivity contribution in [1.29, 1.82) is 0 Å². The molecule has 2 N–H and O–H groups in total. The van der Waals surface area contributed by atoms with Crippen LogP contribution in [0.15, 0.2) is 29.6 Å². The Morgan fingerprint density at radius 2 is 2.30 bits per heavy atom. The molecule has 2 atom stereocenters. The first kappa shape index (κ1) is 13.6. The molecule has 2 aromatic rings. The van der Waals surface area contributed by atoms with Gasteiger partial charge in [0, 0.05) is 35.8 Å². The minimum Gasteiger partial charge on any atom is -0.385 e. The van der Waals surface area contributed by atoms with Crippen molar-refractivity contribution in [1.82, 2.24) is 10.3 Å². The summed E-state index contributed by atoms with van der Waals surface area (Å²) in [5.41, 5.74) is 3.85. The van der Waals surface area contributed by atoms with Crippen molar-refractivity contribution in [2.45, 2.75) is 32.2 Å². The first-order valence-electron chi connectivity index (χ1n) is 7.22. The van der Waals surface area contributed by atoms with Gasteiger partial charge in [-0.25, -0.2) is 4.98 Å². The van der Waals surface area contributed by atoms with Crippen LogP contribution < -0.4 is 10.6 Å². The normalized spacial score (nSPS) is 19.2. The number of para-hydroxylation sites is 1. The Kier molecular flexibility index (Phi) is 4.03. The van der Waals surface area contributed by atoms with Crippen LogP contribution in [-0.2, 0) is 0 Å². The quantitative estimate of drug-likeness (QED) is 0.900. The minimum absolute atomic E-state index is 0.329. The van der Waals surface area contributed by atoms with Gasteiger partial charge in [-0.1, -0.05) is 18.2 Å². The molecule has 3 nitrogen and oxygen atoms in total. The summed E-state index contributed by atoms with van der Waals surface area (Å²) in [4.78, 5) is 4.56. The highest BCUT2D eigenvalue weighted by molar-refractivity contribution is 7.09. The van der Waals surface area contributed by atoms with Crippen molar-refractivity contribution in [3.63, 3.8) is 0 Å². The number of fused-ring (bicyclic) bond motifs is 1. The summed E-state index contributed by atoms with van der Waals surface area (Å²) in [7, 11) is 0. The molecule has 0 saturated heterocycles. The lowest BCUT2D eigenvalue weighted by Crippen LogP contribution is -2.28. The molecule has 2 unspecified atom stereocenters. The monoisotopic (exact) mass is 287 g/mol. The number of thiazole rings is 1. The van der Waals surface area contributed by atoms with E-state index in [2.05, 4.69) is 59.1 Å². The van der Waals surface area contributed by atoms with Gasteiger partial charge in [0.25, 0.3) is 0 Å². The number of rotatable bonds is 4. The van der Waals surface area contributed by atoms with Crippen LogP contribution in [0, 0.1) is 6.92 Å². The number of nitrogens with one attached hydrogen (secondary N) is 2. The number of hydrogen-bond acceptors (Lipinski definition) is 4. The fraction of sp³-hybridized carbons (Fsp3) is 0.438. The maximum atomic E-state index is 4.56. The summed E-state index contributed by atoms with van der Waals surface area (Å²) < 4.78 is 0. The standard InChI is InChI=1S/C16H21N3S/c1-11-10-20-16(19-11)12(2)18-9-13-7-8-17-15-6-4-3-5-14(13)15/h3-6,10,12-13,17-18H,7-9H2,1-2H3. The van der Waals surface area contributed by atoms with Crippen molar-refractivity contribution >= 4 is 17.0 Å². The molecule has 0 fully saturated rings. The topological polar surface area (TPSA) is 37.0 Å². The van der Waals surface area contributed by atoms with Crippen molar-refractivity contribution in [2.24, 2.45) is 0 Å². The van der Waals surface area contributed by atoms with Gasteiger partial charge in [-0.2, -0.15) is 0 Å². The summed E-state index contributed by atoms with van der Waals surface area (Å²) in [5, 5.41) is 10.4. The molecule has 20 heavy (non-hydrogen) atoms. The van der Waals surface area contributed by atoms with E-state index in [1.54, 1.807) is 11.3 Å². The van der Waals surface area contributed by atoms with Gasteiger partial charge >= 0.3 is 0 Å². The van der Waals surface area contributed by atoms with Gasteiger partial charge in [-0.05, 0) is 31.9 Å². The zero-order valence-electron chi connectivity index (χ0n) is 12.0. The number of anilines is 1. The second kappa shape index (κ2) is 5.94. The molecule has 1 aliphatic heterocycles. The molecule has 0 spiro atoms. The van der Waals surface area contributed by atoms with Crippen LogP contribution in [0.3, 0.4) is 0 Å². The Hall–Kier alpha value is -1.39.